The summed E-state index contributed by atoms with van der Waals surface area (Å²) in [7, 11) is -5.80. The van der Waals surface area contributed by atoms with E-state index in [9.17, 15) is 74.6 Å². The summed E-state index contributed by atoms with van der Waals surface area (Å²) < 4.78 is 73.4. The van der Waals surface area contributed by atoms with Crippen molar-refractivity contribution in [2.75, 3.05) is 26.4 Å². The Hall–Kier alpha value is -2.79. The van der Waals surface area contributed by atoms with Gasteiger partial charge in [-0.1, -0.05) is 336 Å². The molecule has 3 fully saturated rings. The molecule has 682 valence electrons. The maximum Gasteiger partial charge on any atom is 0.472 e. The monoisotopic (exact) mass is 1680 g/mol. The molecule has 19 unspecified atom stereocenters. The van der Waals surface area contributed by atoms with Crippen molar-refractivity contribution in [3.8, 4) is 0 Å². The van der Waals surface area contributed by atoms with Crippen molar-refractivity contribution in [2.45, 2.75) is 505 Å². The minimum absolute atomic E-state index is 0.0107. The zero-order valence-electron chi connectivity index (χ0n) is 72.7. The predicted octanol–water partition coefficient (Wildman–Crippen LogP) is 17.0. The summed E-state index contributed by atoms with van der Waals surface area (Å²) in [6, 6.07) is 0. The Labute approximate surface area is 699 Å². The number of aliphatic hydroxyl groups excluding tert-OH is 9. The number of hydrogen-bond acceptors (Lipinski definition) is 24. The first-order valence-electron chi connectivity index (χ1n) is 46.8. The van der Waals surface area contributed by atoms with Gasteiger partial charge in [-0.3, -0.25) is 28.2 Å². The number of hydrogen-bond donors (Lipinski definition) is 10. The third-order valence-corrected chi connectivity index (χ3v) is 24.2. The number of esters is 4. The number of aliphatic hydroxyl groups is 9. The van der Waals surface area contributed by atoms with Gasteiger partial charge in [0.05, 0.1) is 13.2 Å². The lowest BCUT2D eigenvalue weighted by molar-refractivity contribution is -0.360. The van der Waals surface area contributed by atoms with Gasteiger partial charge in [0.15, 0.2) is 24.8 Å². The molecule has 25 nitrogen and oxygen atoms in total. The number of phosphoric ester groups is 1. The van der Waals surface area contributed by atoms with Crippen molar-refractivity contribution in [3.63, 3.8) is 0 Å². The summed E-state index contributed by atoms with van der Waals surface area (Å²) in [4.78, 5) is 66.4. The first kappa shape index (κ1) is 107. The van der Waals surface area contributed by atoms with E-state index in [1.807, 2.05) is 0 Å². The molecule has 0 spiro atoms. The molecule has 10 N–H and O–H groups in total. The lowest BCUT2D eigenvalue weighted by atomic mass is 9.84. The van der Waals surface area contributed by atoms with Gasteiger partial charge in [0.2, 0.25) is 0 Å². The minimum atomic E-state index is -5.80. The molecular weight excluding hydrogens is 1510 g/mol. The number of ether oxygens (including phenoxy) is 8. The molecule has 0 aromatic carbocycles. The molecule has 19 atom stereocenters. The minimum Gasteiger partial charge on any atom is -0.463 e. The fourth-order valence-electron chi connectivity index (χ4n) is 15.6. The van der Waals surface area contributed by atoms with Gasteiger partial charge < -0.3 is 88.7 Å². The van der Waals surface area contributed by atoms with Gasteiger partial charge in [-0.05, 0) is 57.3 Å². The van der Waals surface area contributed by atoms with Crippen LogP contribution in [0.15, 0.2) is 12.2 Å². The molecule has 1 aliphatic carbocycles. The molecule has 2 heterocycles. The second-order valence-electron chi connectivity index (χ2n) is 33.8. The van der Waals surface area contributed by atoms with Crippen LogP contribution >= 0.6 is 7.82 Å². The van der Waals surface area contributed by atoms with Crippen molar-refractivity contribution in [1.82, 2.24) is 0 Å². The summed E-state index contributed by atoms with van der Waals surface area (Å²) in [6.45, 7) is 7.92. The largest absolute Gasteiger partial charge is 0.472 e. The fourth-order valence-corrected chi connectivity index (χ4v) is 16.6. The molecule has 2 saturated heterocycles. The Morgan fingerprint density at radius 1 is 0.362 bits per heavy atom. The number of carbonyl (C=O) groups excluding carboxylic acids is 4. The maximum absolute atomic E-state index is 14.9. The molecular formula is C90H167O25P. The summed E-state index contributed by atoms with van der Waals surface area (Å²) >= 11 is 0. The van der Waals surface area contributed by atoms with Crippen molar-refractivity contribution in [1.29, 1.82) is 0 Å². The molecule has 0 radical (unpaired) electrons. The molecule has 1 saturated carbocycles. The standard InChI is InChI=1S/C90H167O25P/c1-6-10-14-18-22-25-28-31-32-35-36-39-42-49-56-62-74(93)107-68-72-78(97)80(99)84(103)90(111-72)114-87-85(112-76(95)64-58-52-44-41-38-34-30-27-24-20-16-12-8-3)81(100)82(101)86(113-89-83(102)79(98)77(96)71(65-91)110-89)88(87)115-116(104,105)108-67-70(109-75(94)63-57-51-43-40-37-33-29-26-23-19-15-11-7-2)66-106-73(92)61-55-50-46-45-48-54-60-69(5)59-53-47-21-17-13-9-4/h25,28,69-72,77-91,96-103H,6-24,26-27,29-68H2,1-5H3,(H,104,105)/b28-25-. The Morgan fingerprint density at radius 2 is 0.698 bits per heavy atom. The SMILES string of the molecule is CCCCCC/C=C\CCCCCCCCCC(=O)OCC1OC(OC2C(OC(=O)CCCCCCCCCCCCCCC)C(O)C(O)C(OC3OC(CO)C(O)C(O)C3O)C2OP(=O)(O)OCC(COC(=O)CCCCCCCCC(C)CCCCCCCC)OC(=O)CCCCCCCCCCCCCCC)C(O)C(O)C1O. The lowest BCUT2D eigenvalue weighted by Gasteiger charge is -2.50. The van der Waals surface area contributed by atoms with Crippen LogP contribution in [0.25, 0.3) is 0 Å². The van der Waals surface area contributed by atoms with E-state index in [0.29, 0.717) is 38.0 Å². The third kappa shape index (κ3) is 48.9. The third-order valence-electron chi connectivity index (χ3n) is 23.2. The molecule has 3 rings (SSSR count). The highest BCUT2D eigenvalue weighted by Crippen LogP contribution is 2.49. The molecule has 0 bridgehead atoms. The normalized spacial score (nSPS) is 25.4. The Morgan fingerprint density at radius 3 is 1.12 bits per heavy atom. The van der Waals surface area contributed by atoms with Crippen LogP contribution in [-0.2, 0) is 70.7 Å². The first-order chi connectivity index (χ1) is 56.1. The number of carbonyl (C=O) groups is 4. The quantitative estimate of drug-likeness (QED) is 0.00889. The van der Waals surface area contributed by atoms with E-state index in [2.05, 4.69) is 46.8 Å². The van der Waals surface area contributed by atoms with Crippen molar-refractivity contribution < 1.29 is 122 Å². The van der Waals surface area contributed by atoms with Crippen molar-refractivity contribution in [3.05, 3.63) is 12.2 Å². The number of phosphoric acid groups is 1. The van der Waals surface area contributed by atoms with Gasteiger partial charge in [0, 0.05) is 25.7 Å². The molecule has 3 aliphatic rings. The highest BCUT2D eigenvalue weighted by atomic mass is 31.2. The fraction of sp³-hybridized carbons (Fsp3) is 0.933. The van der Waals surface area contributed by atoms with Crippen LogP contribution in [0.4, 0.5) is 0 Å². The molecule has 26 heteroatoms. The van der Waals surface area contributed by atoms with E-state index < -0.39 is 162 Å². The number of allylic oxidation sites excluding steroid dienone is 2. The van der Waals surface area contributed by atoms with Crippen molar-refractivity contribution >= 4 is 31.7 Å². The smallest absolute Gasteiger partial charge is 0.463 e. The van der Waals surface area contributed by atoms with Crippen LogP contribution in [-0.4, -0.2) is 205 Å². The molecule has 0 amide bonds. The van der Waals surface area contributed by atoms with Crippen LogP contribution in [0, 0.1) is 5.92 Å². The Bertz CT molecular complexity index is 2480. The lowest BCUT2D eigenvalue weighted by Crippen LogP contribution is -2.70. The van der Waals surface area contributed by atoms with Gasteiger partial charge in [-0.15, -0.1) is 0 Å². The van der Waals surface area contributed by atoms with Gasteiger partial charge in [-0.25, -0.2) is 4.57 Å². The van der Waals surface area contributed by atoms with Gasteiger partial charge in [0.1, 0.15) is 92.6 Å². The summed E-state index contributed by atoms with van der Waals surface area (Å²) in [6.07, 6.45) is 25.0. The highest BCUT2D eigenvalue weighted by molar-refractivity contribution is 7.47. The maximum atomic E-state index is 14.9. The predicted molar refractivity (Wildman–Crippen MR) is 449 cm³/mol. The summed E-state index contributed by atoms with van der Waals surface area (Å²) in [5.74, 6) is -2.27. The van der Waals surface area contributed by atoms with Crippen LogP contribution in [0.5, 0.6) is 0 Å². The van der Waals surface area contributed by atoms with Crippen LogP contribution in [0.2, 0.25) is 0 Å². The second-order valence-corrected chi connectivity index (χ2v) is 35.2. The van der Waals surface area contributed by atoms with E-state index in [4.69, 9.17) is 46.9 Å². The van der Waals surface area contributed by atoms with E-state index >= 15 is 0 Å². The molecule has 0 aromatic rings. The molecule has 0 aromatic heterocycles. The Balaban J connectivity index is 1.92. The molecule has 2 aliphatic heterocycles. The van der Waals surface area contributed by atoms with Gasteiger partial charge in [-0.2, -0.15) is 0 Å². The topological polar surface area (TPSA) is 380 Å². The van der Waals surface area contributed by atoms with E-state index in [0.717, 1.165) is 148 Å². The Kier molecular flexibility index (Phi) is 63.5. The first-order valence-corrected chi connectivity index (χ1v) is 48.3. The average Bonchev–Trinajstić information content (AvgIpc) is 0.754. The summed E-state index contributed by atoms with van der Waals surface area (Å²) in [5.41, 5.74) is 0. The highest BCUT2D eigenvalue weighted by Gasteiger charge is 2.60. The summed E-state index contributed by atoms with van der Waals surface area (Å²) in [5, 5.41) is 102. The van der Waals surface area contributed by atoms with Crippen LogP contribution < -0.4 is 0 Å². The van der Waals surface area contributed by atoms with Crippen LogP contribution in [0.1, 0.15) is 401 Å². The zero-order chi connectivity index (χ0) is 84.8. The van der Waals surface area contributed by atoms with Crippen LogP contribution in [0.3, 0.4) is 0 Å². The molecule has 116 heavy (non-hydrogen) atoms. The number of rotatable bonds is 75. The average molecular weight is 1680 g/mol. The number of unbranched alkanes of at least 4 members (excludes halogenated alkanes) is 45. The van der Waals surface area contributed by atoms with E-state index in [1.165, 1.54) is 161 Å². The van der Waals surface area contributed by atoms with E-state index in [-0.39, 0.29) is 25.7 Å². The second kappa shape index (κ2) is 68.6. The zero-order valence-corrected chi connectivity index (χ0v) is 73.6. The van der Waals surface area contributed by atoms with Crippen molar-refractivity contribution in [2.24, 2.45) is 5.92 Å². The van der Waals surface area contributed by atoms with Gasteiger partial charge in [0.25, 0.3) is 0 Å². The van der Waals surface area contributed by atoms with E-state index in [1.54, 1.807) is 0 Å². The van der Waals surface area contributed by atoms with Gasteiger partial charge >= 0.3 is 31.7 Å².